The third kappa shape index (κ3) is 5.87. The molecule has 0 bridgehead atoms. The van der Waals surface area contributed by atoms with Crippen molar-refractivity contribution < 1.29 is 18.7 Å². The fraction of sp³-hybridized carbons (Fsp3) is 0.438. The van der Waals surface area contributed by atoms with Gasteiger partial charge >= 0.3 is 0 Å². The van der Waals surface area contributed by atoms with E-state index in [-0.39, 0.29) is 30.2 Å². The van der Waals surface area contributed by atoms with Crippen LogP contribution in [0.1, 0.15) is 50.4 Å². The number of pyridine rings is 1. The molecule has 1 fully saturated rings. The van der Waals surface area contributed by atoms with Crippen molar-refractivity contribution in [1.29, 1.82) is 0 Å². The topological polar surface area (TPSA) is 103 Å². The number of ether oxygens (including phenoxy) is 1. The molecule has 1 aromatic carbocycles. The quantitative estimate of drug-likeness (QED) is 0.386. The molecule has 2 amide bonds. The van der Waals surface area contributed by atoms with Gasteiger partial charge in [-0.2, -0.15) is 5.10 Å². The highest BCUT2D eigenvalue weighted by molar-refractivity contribution is 6.01. The minimum Gasteiger partial charge on any atom is -0.374 e. The molecule has 2 aromatic heterocycles. The van der Waals surface area contributed by atoms with Gasteiger partial charge in [-0.15, -0.1) is 0 Å². The lowest BCUT2D eigenvalue weighted by molar-refractivity contribution is -0.138. The number of aromatic nitrogens is 3. The monoisotopic (exact) mass is 574 g/mol. The molecule has 2 N–H and O–H groups in total. The van der Waals surface area contributed by atoms with E-state index >= 15 is 4.39 Å². The first-order valence-corrected chi connectivity index (χ1v) is 14.6. The summed E-state index contributed by atoms with van der Waals surface area (Å²) in [6, 6.07) is 8.61. The van der Waals surface area contributed by atoms with Gasteiger partial charge in [0.2, 0.25) is 5.91 Å². The van der Waals surface area contributed by atoms with Crippen LogP contribution < -0.4 is 5.32 Å². The number of carbonyl (C=O) groups excluding carboxylic acids is 2. The van der Waals surface area contributed by atoms with Crippen LogP contribution in [-0.2, 0) is 9.53 Å². The number of H-pyrrole nitrogens is 1. The molecule has 1 unspecified atom stereocenters. The second-order valence-electron chi connectivity index (χ2n) is 11.1. The fourth-order valence-electron chi connectivity index (χ4n) is 6.03. The zero-order chi connectivity index (χ0) is 29.9. The number of halogens is 1. The number of aromatic amines is 1. The maximum atomic E-state index is 15.2. The Bertz CT molecular complexity index is 1500. The summed E-state index contributed by atoms with van der Waals surface area (Å²) in [6.07, 6.45) is 8.41. The molecule has 10 heteroatoms. The number of methoxy groups -OCH3 is 1. The number of nitrogens with one attached hydrogen (secondary N) is 2. The van der Waals surface area contributed by atoms with E-state index in [0.717, 1.165) is 22.2 Å². The summed E-state index contributed by atoms with van der Waals surface area (Å²) in [5.41, 5.74) is 2.73. The number of carbonyl (C=O) groups is 2. The van der Waals surface area contributed by atoms with E-state index in [1.54, 1.807) is 31.6 Å². The van der Waals surface area contributed by atoms with Crippen LogP contribution in [0.4, 0.5) is 4.39 Å². The highest BCUT2D eigenvalue weighted by atomic mass is 19.1. The van der Waals surface area contributed by atoms with E-state index in [1.807, 2.05) is 54.8 Å². The van der Waals surface area contributed by atoms with Crippen LogP contribution in [-0.4, -0.2) is 87.8 Å². The van der Waals surface area contributed by atoms with Crippen LogP contribution in [0, 0.1) is 0 Å². The van der Waals surface area contributed by atoms with Crippen LogP contribution in [0.5, 0.6) is 0 Å². The Labute approximate surface area is 245 Å². The van der Waals surface area contributed by atoms with Crippen LogP contribution in [0.25, 0.3) is 22.2 Å². The van der Waals surface area contributed by atoms with Crippen molar-refractivity contribution >= 4 is 22.7 Å². The Morgan fingerprint density at radius 3 is 2.67 bits per heavy atom. The summed E-state index contributed by atoms with van der Waals surface area (Å²) in [6.45, 7) is 7.67. The minimum atomic E-state index is -0.801. The Kier molecular flexibility index (Phi) is 8.84. The lowest BCUT2D eigenvalue weighted by atomic mass is 9.85. The van der Waals surface area contributed by atoms with E-state index < -0.39 is 11.6 Å². The molecule has 1 aliphatic carbocycles. The third-order valence-corrected chi connectivity index (χ3v) is 8.67. The van der Waals surface area contributed by atoms with Gasteiger partial charge in [0.25, 0.3) is 5.91 Å². The van der Waals surface area contributed by atoms with Crippen LogP contribution in [0.2, 0.25) is 0 Å². The fourth-order valence-corrected chi connectivity index (χ4v) is 6.03. The Morgan fingerprint density at radius 1 is 1.19 bits per heavy atom. The Morgan fingerprint density at radius 2 is 1.95 bits per heavy atom. The lowest BCUT2D eigenvalue weighted by Gasteiger charge is -2.43. The standard InChI is InChI=1S/C32H39FN6O3/c1-5-38(6-2)31(41)28-12-10-23(19-39(28)20-25-26(33)8-7-15-32(25,3)42-4)35-30(40)22-9-11-27-24(18-22)29(37-36-27)21-13-16-34-17-14-21/h7-9,11,13-14,16-18,23,28H,5-6,10,12,15,19-20H2,1-4H3,(H,35,40)(H,36,37)/t23-,28+,32?/m1/s1. The van der Waals surface area contributed by atoms with Crippen molar-refractivity contribution in [3.63, 3.8) is 0 Å². The number of likely N-dealkylation sites (N-methyl/N-ethyl adjacent to an activating group) is 1. The van der Waals surface area contributed by atoms with Crippen molar-refractivity contribution in [3.05, 3.63) is 71.8 Å². The summed E-state index contributed by atoms with van der Waals surface area (Å²) in [4.78, 5) is 35.0. The van der Waals surface area contributed by atoms with E-state index in [4.69, 9.17) is 4.74 Å². The molecule has 3 atom stereocenters. The van der Waals surface area contributed by atoms with Crippen molar-refractivity contribution in [2.45, 2.75) is 57.7 Å². The summed E-state index contributed by atoms with van der Waals surface area (Å²) in [5.74, 6) is -0.500. The number of likely N-dealkylation sites (tertiary alicyclic amines) is 1. The molecule has 0 saturated carbocycles. The number of piperidine rings is 1. The molecule has 9 nitrogen and oxygen atoms in total. The Balaban J connectivity index is 1.38. The first-order chi connectivity index (χ1) is 20.3. The van der Waals surface area contributed by atoms with Crippen molar-refractivity contribution in [3.8, 4) is 11.3 Å². The number of fused-ring (bicyclic) bond motifs is 1. The number of hydrogen-bond donors (Lipinski definition) is 2. The van der Waals surface area contributed by atoms with Gasteiger partial charge in [0.15, 0.2) is 0 Å². The molecule has 1 saturated heterocycles. The number of benzene rings is 1. The average Bonchev–Trinajstić information content (AvgIpc) is 3.43. The largest absolute Gasteiger partial charge is 0.374 e. The SMILES string of the molecule is CCN(CC)C(=O)[C@@H]1CC[C@@H](NC(=O)c2ccc3[nH]nc(-c4ccncc4)c3c2)CN1CC1=C(F)C=CCC1(C)OC. The van der Waals surface area contributed by atoms with Crippen molar-refractivity contribution in [2.24, 2.45) is 0 Å². The van der Waals surface area contributed by atoms with E-state index in [0.29, 0.717) is 50.0 Å². The number of hydrogen-bond acceptors (Lipinski definition) is 6. The van der Waals surface area contributed by atoms with Crippen LogP contribution >= 0.6 is 0 Å². The highest BCUT2D eigenvalue weighted by Gasteiger charge is 2.40. The van der Waals surface area contributed by atoms with Crippen LogP contribution in [0.3, 0.4) is 0 Å². The highest BCUT2D eigenvalue weighted by Crippen LogP contribution is 2.35. The zero-order valence-electron chi connectivity index (χ0n) is 24.7. The third-order valence-electron chi connectivity index (χ3n) is 8.67. The van der Waals surface area contributed by atoms with Gasteiger partial charge in [-0.1, -0.05) is 6.08 Å². The molecular weight excluding hydrogens is 535 g/mol. The summed E-state index contributed by atoms with van der Waals surface area (Å²) in [7, 11) is 1.58. The van der Waals surface area contributed by atoms with E-state index in [9.17, 15) is 9.59 Å². The smallest absolute Gasteiger partial charge is 0.251 e. The van der Waals surface area contributed by atoms with Gasteiger partial charge in [-0.25, -0.2) is 4.39 Å². The number of nitrogens with zero attached hydrogens (tertiary/aromatic N) is 4. The predicted octanol–water partition coefficient (Wildman–Crippen LogP) is 4.64. The number of rotatable bonds is 9. The summed E-state index contributed by atoms with van der Waals surface area (Å²) in [5, 5.41) is 11.5. The molecule has 5 rings (SSSR count). The molecule has 3 heterocycles. The number of allylic oxidation sites excluding steroid dienone is 2. The van der Waals surface area contributed by atoms with Gasteiger partial charge < -0.3 is 15.0 Å². The first-order valence-electron chi connectivity index (χ1n) is 14.6. The zero-order valence-corrected chi connectivity index (χ0v) is 24.7. The van der Waals surface area contributed by atoms with Gasteiger partial charge in [0.1, 0.15) is 11.5 Å². The maximum absolute atomic E-state index is 15.2. The molecule has 3 aromatic rings. The van der Waals surface area contributed by atoms with Crippen LogP contribution in [0.15, 0.2) is 66.3 Å². The molecule has 222 valence electrons. The maximum Gasteiger partial charge on any atom is 0.251 e. The first kappa shape index (κ1) is 29.6. The molecule has 1 aliphatic heterocycles. The average molecular weight is 575 g/mol. The number of amides is 2. The molecule has 0 spiro atoms. The summed E-state index contributed by atoms with van der Waals surface area (Å²) >= 11 is 0. The molecule has 2 aliphatic rings. The molecule has 42 heavy (non-hydrogen) atoms. The predicted molar refractivity (Wildman–Crippen MR) is 160 cm³/mol. The normalized spacial score (nSPS) is 22.9. The lowest BCUT2D eigenvalue weighted by Crippen LogP contribution is -2.58. The molecule has 0 radical (unpaired) electrons. The van der Waals surface area contributed by atoms with Gasteiger partial charge in [0, 0.05) is 73.8 Å². The second kappa shape index (κ2) is 12.5. The second-order valence-corrected chi connectivity index (χ2v) is 11.1. The Hall–Kier alpha value is -3.89. The van der Waals surface area contributed by atoms with Gasteiger partial charge in [0.05, 0.1) is 17.2 Å². The van der Waals surface area contributed by atoms with Gasteiger partial charge in [-0.3, -0.25) is 24.6 Å². The molecular formula is C32H39FN6O3. The van der Waals surface area contributed by atoms with Gasteiger partial charge in [-0.05, 0) is 76.4 Å². The van der Waals surface area contributed by atoms with Crippen molar-refractivity contribution in [2.75, 3.05) is 33.3 Å². The van der Waals surface area contributed by atoms with E-state index in [1.165, 1.54) is 6.08 Å². The van der Waals surface area contributed by atoms with E-state index in [2.05, 4.69) is 20.5 Å². The minimum absolute atomic E-state index is 0.0327. The summed E-state index contributed by atoms with van der Waals surface area (Å²) < 4.78 is 21.0. The van der Waals surface area contributed by atoms with Crippen molar-refractivity contribution in [1.82, 2.24) is 30.3 Å².